The lowest BCUT2D eigenvalue weighted by molar-refractivity contribution is -0.119. The Morgan fingerprint density at radius 3 is 2.43 bits per heavy atom. The third-order valence-electron chi connectivity index (χ3n) is 4.80. The molecule has 184 valence electrons. The highest BCUT2D eigenvalue weighted by atomic mass is 35.5. The highest BCUT2D eigenvalue weighted by Gasteiger charge is 2.27. The van der Waals surface area contributed by atoms with E-state index in [2.05, 4.69) is 10.5 Å². The Balaban J connectivity index is 1.78. The van der Waals surface area contributed by atoms with Gasteiger partial charge in [-0.2, -0.15) is 5.10 Å². The van der Waals surface area contributed by atoms with E-state index in [9.17, 15) is 13.2 Å². The lowest BCUT2D eigenvalue weighted by Crippen LogP contribution is -2.39. The predicted molar refractivity (Wildman–Crippen MR) is 137 cm³/mol. The summed E-state index contributed by atoms with van der Waals surface area (Å²) in [6.07, 6.45) is 2.37. The SMILES string of the molecule is CCCOc1ccc(/C=N\NC(=O)CN(c2ccc(OC)c(Cl)c2)S(=O)(=O)c2ccccc2)cc1. The van der Waals surface area contributed by atoms with Crippen molar-refractivity contribution in [3.63, 3.8) is 0 Å². The minimum Gasteiger partial charge on any atom is -0.495 e. The number of hydrogen-bond acceptors (Lipinski definition) is 6. The molecule has 0 saturated heterocycles. The molecule has 0 aromatic heterocycles. The molecule has 0 unspecified atom stereocenters. The van der Waals surface area contributed by atoms with Crippen LogP contribution in [0.4, 0.5) is 5.69 Å². The maximum atomic E-state index is 13.4. The number of ether oxygens (including phenoxy) is 2. The highest BCUT2D eigenvalue weighted by molar-refractivity contribution is 7.92. The summed E-state index contributed by atoms with van der Waals surface area (Å²) in [5.74, 6) is 0.496. The molecular formula is C25H26ClN3O5S. The molecule has 0 aliphatic heterocycles. The molecule has 0 radical (unpaired) electrons. The molecule has 0 spiro atoms. The summed E-state index contributed by atoms with van der Waals surface area (Å²) < 4.78 is 38.4. The van der Waals surface area contributed by atoms with Crippen molar-refractivity contribution in [3.8, 4) is 11.5 Å². The first-order chi connectivity index (χ1) is 16.8. The standard InChI is InChI=1S/C25H26ClN3O5S/c1-3-15-34-21-12-9-19(10-13-21)17-27-28-25(30)18-29(20-11-14-24(33-2)23(26)16-20)35(31,32)22-7-5-4-6-8-22/h4-14,16-17H,3,15,18H2,1-2H3,(H,28,30)/b27-17-. The van der Waals surface area contributed by atoms with Gasteiger partial charge >= 0.3 is 0 Å². The first kappa shape index (κ1) is 26.1. The van der Waals surface area contributed by atoms with E-state index in [-0.39, 0.29) is 15.6 Å². The molecule has 0 heterocycles. The molecule has 1 amide bonds. The van der Waals surface area contributed by atoms with E-state index in [1.54, 1.807) is 42.5 Å². The van der Waals surface area contributed by atoms with Gasteiger partial charge in [0.2, 0.25) is 0 Å². The van der Waals surface area contributed by atoms with Crippen LogP contribution >= 0.6 is 11.6 Å². The molecule has 35 heavy (non-hydrogen) atoms. The Morgan fingerprint density at radius 2 is 1.80 bits per heavy atom. The van der Waals surface area contributed by atoms with Crippen LogP contribution in [-0.4, -0.2) is 40.8 Å². The molecule has 8 nitrogen and oxygen atoms in total. The Kier molecular flexibility index (Phi) is 9.11. The number of nitrogens with one attached hydrogen (secondary N) is 1. The largest absolute Gasteiger partial charge is 0.495 e. The number of methoxy groups -OCH3 is 1. The zero-order valence-corrected chi connectivity index (χ0v) is 20.9. The van der Waals surface area contributed by atoms with Crippen molar-refractivity contribution in [2.45, 2.75) is 18.2 Å². The summed E-state index contributed by atoms with van der Waals surface area (Å²) in [7, 11) is -2.61. The lowest BCUT2D eigenvalue weighted by atomic mass is 10.2. The third-order valence-corrected chi connectivity index (χ3v) is 6.88. The number of halogens is 1. The van der Waals surface area contributed by atoms with E-state index in [4.69, 9.17) is 21.1 Å². The van der Waals surface area contributed by atoms with Gasteiger partial charge < -0.3 is 9.47 Å². The predicted octanol–water partition coefficient (Wildman–Crippen LogP) is 4.48. The summed E-state index contributed by atoms with van der Waals surface area (Å²) >= 11 is 6.22. The highest BCUT2D eigenvalue weighted by Crippen LogP contribution is 2.31. The molecule has 1 N–H and O–H groups in total. The van der Waals surface area contributed by atoms with Crippen molar-refractivity contribution in [1.29, 1.82) is 0 Å². The second-order valence-electron chi connectivity index (χ2n) is 7.35. The molecular weight excluding hydrogens is 490 g/mol. The fraction of sp³-hybridized carbons (Fsp3) is 0.200. The van der Waals surface area contributed by atoms with Gasteiger partial charge in [-0.3, -0.25) is 9.10 Å². The van der Waals surface area contributed by atoms with Crippen LogP contribution in [0.25, 0.3) is 0 Å². The molecule has 3 rings (SSSR count). The molecule has 0 bridgehead atoms. The molecule has 3 aromatic rings. The fourth-order valence-electron chi connectivity index (χ4n) is 3.06. The molecule has 0 fully saturated rings. The van der Waals surface area contributed by atoms with Crippen molar-refractivity contribution in [1.82, 2.24) is 5.43 Å². The minimum atomic E-state index is -4.07. The van der Waals surface area contributed by atoms with Gasteiger partial charge in [0.1, 0.15) is 18.0 Å². The van der Waals surface area contributed by atoms with Crippen molar-refractivity contribution >= 4 is 39.4 Å². The number of hydrogen-bond donors (Lipinski definition) is 1. The quantitative estimate of drug-likeness (QED) is 0.300. The summed E-state index contributed by atoms with van der Waals surface area (Å²) in [6.45, 7) is 2.14. The molecule has 0 aliphatic rings. The molecule has 0 aliphatic carbocycles. The Bertz CT molecular complexity index is 1270. The first-order valence-corrected chi connectivity index (χ1v) is 12.6. The van der Waals surface area contributed by atoms with E-state index >= 15 is 0 Å². The summed E-state index contributed by atoms with van der Waals surface area (Å²) in [5, 5.41) is 4.16. The van der Waals surface area contributed by atoms with Gasteiger partial charge in [-0.15, -0.1) is 0 Å². The van der Waals surface area contributed by atoms with Crippen LogP contribution in [0.15, 0.2) is 82.8 Å². The van der Waals surface area contributed by atoms with E-state index in [1.807, 2.05) is 6.92 Å². The van der Waals surface area contributed by atoms with Crippen LogP contribution in [0, 0.1) is 0 Å². The zero-order chi connectivity index (χ0) is 25.3. The van der Waals surface area contributed by atoms with Crippen molar-refractivity contribution in [3.05, 3.63) is 83.4 Å². The van der Waals surface area contributed by atoms with Gasteiger partial charge in [0.15, 0.2) is 0 Å². The molecule has 10 heteroatoms. The smallest absolute Gasteiger partial charge is 0.264 e. The van der Waals surface area contributed by atoms with E-state index in [0.717, 1.165) is 22.0 Å². The topological polar surface area (TPSA) is 97.3 Å². The van der Waals surface area contributed by atoms with Crippen LogP contribution in [-0.2, 0) is 14.8 Å². The third kappa shape index (κ3) is 6.97. The average Bonchev–Trinajstić information content (AvgIpc) is 2.87. The monoisotopic (exact) mass is 515 g/mol. The summed E-state index contributed by atoms with van der Waals surface area (Å²) in [5.41, 5.74) is 3.33. The van der Waals surface area contributed by atoms with Gasteiger partial charge in [0, 0.05) is 0 Å². The van der Waals surface area contributed by atoms with E-state index in [0.29, 0.717) is 12.4 Å². The first-order valence-electron chi connectivity index (χ1n) is 10.8. The van der Waals surface area contributed by atoms with Gasteiger partial charge in [-0.05, 0) is 66.6 Å². The van der Waals surface area contributed by atoms with Crippen LogP contribution in [0.3, 0.4) is 0 Å². The van der Waals surface area contributed by atoms with Gasteiger partial charge in [-0.25, -0.2) is 13.8 Å². The lowest BCUT2D eigenvalue weighted by Gasteiger charge is -2.24. The second-order valence-corrected chi connectivity index (χ2v) is 9.62. The van der Waals surface area contributed by atoms with Crippen LogP contribution in [0.1, 0.15) is 18.9 Å². The number of carbonyl (C=O) groups is 1. The van der Waals surface area contributed by atoms with Crippen LogP contribution in [0.2, 0.25) is 5.02 Å². The number of anilines is 1. The van der Waals surface area contributed by atoms with Crippen LogP contribution < -0.4 is 19.2 Å². The molecule has 0 saturated carbocycles. The molecule has 3 aromatic carbocycles. The fourth-order valence-corrected chi connectivity index (χ4v) is 4.75. The Labute approximate surface area is 210 Å². The normalized spacial score (nSPS) is 11.3. The van der Waals surface area contributed by atoms with Crippen molar-refractivity contribution in [2.24, 2.45) is 5.10 Å². The van der Waals surface area contributed by atoms with Gasteiger partial charge in [-0.1, -0.05) is 36.7 Å². The van der Waals surface area contributed by atoms with Crippen molar-refractivity contribution in [2.75, 3.05) is 24.6 Å². The van der Waals surface area contributed by atoms with Gasteiger partial charge in [0.05, 0.1) is 35.5 Å². The summed E-state index contributed by atoms with van der Waals surface area (Å²) in [6, 6.07) is 19.5. The maximum absolute atomic E-state index is 13.4. The Hall–Kier alpha value is -3.56. The summed E-state index contributed by atoms with van der Waals surface area (Å²) in [4.78, 5) is 12.7. The second kappa shape index (κ2) is 12.2. The van der Waals surface area contributed by atoms with Crippen LogP contribution in [0.5, 0.6) is 11.5 Å². The van der Waals surface area contributed by atoms with E-state index in [1.165, 1.54) is 43.7 Å². The Morgan fingerprint density at radius 1 is 1.09 bits per heavy atom. The zero-order valence-electron chi connectivity index (χ0n) is 19.3. The van der Waals surface area contributed by atoms with Crippen molar-refractivity contribution < 1.29 is 22.7 Å². The number of amides is 1. The maximum Gasteiger partial charge on any atom is 0.264 e. The number of benzene rings is 3. The number of sulfonamides is 1. The average molecular weight is 516 g/mol. The number of rotatable bonds is 11. The number of nitrogens with zero attached hydrogens (tertiary/aromatic N) is 2. The minimum absolute atomic E-state index is 0.0358. The number of carbonyl (C=O) groups excluding carboxylic acids is 1. The van der Waals surface area contributed by atoms with Gasteiger partial charge in [0.25, 0.3) is 15.9 Å². The number of hydrazone groups is 1. The van der Waals surface area contributed by atoms with E-state index < -0.39 is 22.5 Å². The molecule has 0 atom stereocenters.